The maximum absolute atomic E-state index is 12.5. The molecule has 1 amide bonds. The highest BCUT2D eigenvalue weighted by molar-refractivity contribution is 7.17. The van der Waals surface area contributed by atoms with Crippen molar-refractivity contribution in [1.29, 1.82) is 0 Å². The number of aromatic nitrogens is 1. The number of thiazole rings is 1. The van der Waals surface area contributed by atoms with Crippen molar-refractivity contribution in [2.75, 3.05) is 11.1 Å². The first kappa shape index (κ1) is 16.2. The summed E-state index contributed by atoms with van der Waals surface area (Å²) in [5.41, 5.74) is 7.10. The predicted octanol–water partition coefficient (Wildman–Crippen LogP) is 3.15. The van der Waals surface area contributed by atoms with E-state index in [2.05, 4.69) is 10.3 Å². The summed E-state index contributed by atoms with van der Waals surface area (Å²) < 4.78 is 0. The molecule has 0 aliphatic carbocycles. The Hall–Kier alpha value is -2.21. The Morgan fingerprint density at radius 1 is 1.23 bits per heavy atom. The van der Waals surface area contributed by atoms with Crippen LogP contribution in [0.5, 0.6) is 0 Å². The van der Waals surface area contributed by atoms with Gasteiger partial charge in [-0.25, -0.2) is 4.98 Å². The van der Waals surface area contributed by atoms with E-state index in [1.165, 1.54) is 18.3 Å². The van der Waals surface area contributed by atoms with Gasteiger partial charge in [-0.2, -0.15) is 0 Å². The van der Waals surface area contributed by atoms with Gasteiger partial charge < -0.3 is 11.1 Å². The minimum atomic E-state index is -0.732. The third-order valence-electron chi connectivity index (χ3n) is 3.54. The van der Waals surface area contributed by atoms with Gasteiger partial charge in [0.15, 0.2) is 10.9 Å². The molecule has 0 unspecified atom stereocenters. The quantitative estimate of drug-likeness (QED) is 0.670. The van der Waals surface area contributed by atoms with Gasteiger partial charge >= 0.3 is 0 Å². The van der Waals surface area contributed by atoms with Crippen LogP contribution in [0.15, 0.2) is 24.3 Å². The fourth-order valence-electron chi connectivity index (χ4n) is 2.06. The number of nitrogens with two attached hydrogens (primary N) is 1. The van der Waals surface area contributed by atoms with Crippen molar-refractivity contribution in [1.82, 2.24) is 4.98 Å². The number of hydrogen-bond acceptors (Lipinski definition) is 5. The molecule has 0 radical (unpaired) electrons. The van der Waals surface area contributed by atoms with Gasteiger partial charge in [-0.05, 0) is 38.5 Å². The highest BCUT2D eigenvalue weighted by Gasteiger charge is 2.30. The Labute approximate surface area is 133 Å². The predicted molar refractivity (Wildman–Crippen MR) is 89.4 cm³/mol. The van der Waals surface area contributed by atoms with E-state index in [4.69, 9.17) is 5.73 Å². The van der Waals surface area contributed by atoms with E-state index >= 15 is 0 Å². The first-order chi connectivity index (χ1) is 10.2. The molecule has 1 aromatic carbocycles. The Bertz CT molecular complexity index is 717. The van der Waals surface area contributed by atoms with E-state index in [-0.39, 0.29) is 11.7 Å². The number of amides is 1. The summed E-state index contributed by atoms with van der Waals surface area (Å²) in [4.78, 5) is 28.8. The number of rotatable bonds is 4. The van der Waals surface area contributed by atoms with Crippen molar-refractivity contribution >= 4 is 33.8 Å². The van der Waals surface area contributed by atoms with Gasteiger partial charge in [0.05, 0.1) is 16.0 Å². The SMILES string of the molecule is CC(=O)c1sc(NC(=O)C(C)(C)c2ccc(N)cc2)nc1C. The lowest BCUT2D eigenvalue weighted by atomic mass is 9.83. The zero-order valence-corrected chi connectivity index (χ0v) is 13.9. The second kappa shape index (κ2) is 5.88. The van der Waals surface area contributed by atoms with Gasteiger partial charge in [0.1, 0.15) is 0 Å². The lowest BCUT2D eigenvalue weighted by Crippen LogP contribution is -2.34. The largest absolute Gasteiger partial charge is 0.399 e. The van der Waals surface area contributed by atoms with Gasteiger partial charge in [-0.15, -0.1) is 0 Å². The van der Waals surface area contributed by atoms with Gasteiger partial charge in [0.25, 0.3) is 0 Å². The summed E-state index contributed by atoms with van der Waals surface area (Å²) in [5, 5.41) is 3.24. The fourth-order valence-corrected chi connectivity index (χ4v) is 2.92. The number of carbonyl (C=O) groups is 2. The molecule has 3 N–H and O–H groups in total. The number of benzene rings is 1. The normalized spacial score (nSPS) is 11.3. The standard InChI is InChI=1S/C16H19N3O2S/c1-9-13(10(2)20)22-15(18-9)19-14(21)16(3,4)11-5-7-12(17)8-6-11/h5-8H,17H2,1-4H3,(H,18,19,21). The average Bonchev–Trinajstić information content (AvgIpc) is 2.80. The van der Waals surface area contributed by atoms with Crippen molar-refractivity contribution in [2.24, 2.45) is 0 Å². The van der Waals surface area contributed by atoms with E-state index in [9.17, 15) is 9.59 Å². The molecule has 6 heteroatoms. The Balaban J connectivity index is 2.22. The molecule has 1 aromatic heterocycles. The number of aryl methyl sites for hydroxylation is 1. The first-order valence-corrected chi connectivity index (χ1v) is 7.69. The van der Waals surface area contributed by atoms with E-state index in [0.29, 0.717) is 21.4 Å². The third-order valence-corrected chi connectivity index (χ3v) is 4.71. The summed E-state index contributed by atoms with van der Waals surface area (Å²) in [6.07, 6.45) is 0. The molecule has 0 aliphatic rings. The lowest BCUT2D eigenvalue weighted by molar-refractivity contribution is -0.120. The molecule has 5 nitrogen and oxygen atoms in total. The molecule has 1 heterocycles. The highest BCUT2D eigenvalue weighted by Crippen LogP contribution is 2.28. The minimum Gasteiger partial charge on any atom is -0.399 e. The number of nitrogens with zero attached hydrogens (tertiary/aromatic N) is 1. The van der Waals surface area contributed by atoms with E-state index in [1.807, 2.05) is 26.0 Å². The van der Waals surface area contributed by atoms with E-state index in [0.717, 1.165) is 5.56 Å². The molecule has 22 heavy (non-hydrogen) atoms. The van der Waals surface area contributed by atoms with Gasteiger partial charge in [0.2, 0.25) is 5.91 Å². The van der Waals surface area contributed by atoms with Gasteiger partial charge in [0, 0.05) is 12.6 Å². The average molecular weight is 317 g/mol. The second-order valence-electron chi connectivity index (χ2n) is 5.69. The summed E-state index contributed by atoms with van der Waals surface area (Å²) in [6, 6.07) is 7.21. The highest BCUT2D eigenvalue weighted by atomic mass is 32.1. The number of nitrogen functional groups attached to an aromatic ring is 1. The molecule has 0 fully saturated rings. The molecular weight excluding hydrogens is 298 g/mol. The summed E-state index contributed by atoms with van der Waals surface area (Å²) in [7, 11) is 0. The molecule has 0 saturated heterocycles. The van der Waals surface area contributed by atoms with Crippen LogP contribution in [0.4, 0.5) is 10.8 Å². The van der Waals surface area contributed by atoms with Crippen molar-refractivity contribution in [3.05, 3.63) is 40.4 Å². The Morgan fingerprint density at radius 3 is 2.32 bits per heavy atom. The second-order valence-corrected chi connectivity index (χ2v) is 6.69. The Morgan fingerprint density at radius 2 is 1.82 bits per heavy atom. The minimum absolute atomic E-state index is 0.0479. The van der Waals surface area contributed by atoms with Crippen molar-refractivity contribution < 1.29 is 9.59 Å². The first-order valence-electron chi connectivity index (χ1n) is 6.87. The number of Topliss-reactive ketones (excluding diaryl/α,β-unsaturated/α-hetero) is 1. The maximum Gasteiger partial charge on any atom is 0.236 e. The number of anilines is 2. The smallest absolute Gasteiger partial charge is 0.236 e. The van der Waals surface area contributed by atoms with Crippen LogP contribution in [0.3, 0.4) is 0 Å². The monoisotopic (exact) mass is 317 g/mol. The van der Waals surface area contributed by atoms with Crippen molar-refractivity contribution in [2.45, 2.75) is 33.1 Å². The molecule has 0 atom stereocenters. The molecule has 2 aromatic rings. The van der Waals surface area contributed by atoms with Crippen LogP contribution in [-0.4, -0.2) is 16.7 Å². The van der Waals surface area contributed by atoms with Crippen LogP contribution in [0.2, 0.25) is 0 Å². The van der Waals surface area contributed by atoms with Crippen LogP contribution in [0, 0.1) is 6.92 Å². The van der Waals surface area contributed by atoms with Crippen molar-refractivity contribution in [3.8, 4) is 0 Å². The molecule has 0 saturated carbocycles. The summed E-state index contributed by atoms with van der Waals surface area (Å²) in [5.74, 6) is -0.227. The molecule has 2 rings (SSSR count). The van der Waals surface area contributed by atoms with E-state index < -0.39 is 5.41 Å². The van der Waals surface area contributed by atoms with Crippen LogP contribution in [-0.2, 0) is 10.2 Å². The maximum atomic E-state index is 12.5. The summed E-state index contributed by atoms with van der Waals surface area (Å²) >= 11 is 1.20. The van der Waals surface area contributed by atoms with Crippen LogP contribution in [0.25, 0.3) is 0 Å². The lowest BCUT2D eigenvalue weighted by Gasteiger charge is -2.23. The Kier molecular flexibility index (Phi) is 4.32. The number of ketones is 1. The van der Waals surface area contributed by atoms with Crippen LogP contribution >= 0.6 is 11.3 Å². The molecule has 0 bridgehead atoms. The van der Waals surface area contributed by atoms with Crippen LogP contribution < -0.4 is 11.1 Å². The topological polar surface area (TPSA) is 85.1 Å². The molecule has 116 valence electrons. The van der Waals surface area contributed by atoms with Crippen LogP contribution in [0.1, 0.15) is 41.7 Å². The number of hydrogen-bond donors (Lipinski definition) is 2. The molecule has 0 spiro atoms. The number of carbonyl (C=O) groups excluding carboxylic acids is 2. The van der Waals surface area contributed by atoms with E-state index in [1.54, 1.807) is 19.1 Å². The molecule has 0 aliphatic heterocycles. The molecular formula is C16H19N3O2S. The number of nitrogens with one attached hydrogen (secondary N) is 1. The van der Waals surface area contributed by atoms with Crippen molar-refractivity contribution in [3.63, 3.8) is 0 Å². The fraction of sp³-hybridized carbons (Fsp3) is 0.312. The zero-order chi connectivity index (χ0) is 16.5. The zero-order valence-electron chi connectivity index (χ0n) is 13.1. The van der Waals surface area contributed by atoms with Gasteiger partial charge in [-0.3, -0.25) is 9.59 Å². The van der Waals surface area contributed by atoms with Gasteiger partial charge in [-0.1, -0.05) is 23.5 Å². The summed E-state index contributed by atoms with van der Waals surface area (Å²) in [6.45, 7) is 6.92. The third kappa shape index (κ3) is 3.17.